The Morgan fingerprint density at radius 2 is 1.71 bits per heavy atom. The highest BCUT2D eigenvalue weighted by Gasteiger charge is 2.14. The minimum absolute atomic E-state index is 0.0985. The van der Waals surface area contributed by atoms with Gasteiger partial charge in [0, 0.05) is 11.1 Å². The third-order valence-corrected chi connectivity index (χ3v) is 4.72. The summed E-state index contributed by atoms with van der Waals surface area (Å²) in [5.74, 6) is 1.08. The molecule has 144 valence electrons. The van der Waals surface area contributed by atoms with Gasteiger partial charge in [-0.05, 0) is 42.8 Å². The van der Waals surface area contributed by atoms with E-state index in [1.165, 1.54) is 0 Å². The van der Waals surface area contributed by atoms with E-state index in [0.29, 0.717) is 22.1 Å². The maximum absolute atomic E-state index is 12.7. The van der Waals surface area contributed by atoms with Gasteiger partial charge in [-0.25, -0.2) is 0 Å². The number of rotatable bonds is 7. The zero-order valence-corrected chi connectivity index (χ0v) is 16.6. The average Bonchev–Trinajstić information content (AvgIpc) is 2.73. The molecule has 0 spiro atoms. The highest BCUT2D eigenvalue weighted by atomic mass is 35.5. The van der Waals surface area contributed by atoms with Crippen LogP contribution in [0, 0.1) is 0 Å². The standard InChI is InChI=1S/C23H22ClNO3/c1-16(17-8-4-3-5-9-17)25-23(26)18-12-13-21(27-2)19(14-18)15-28-22-11-7-6-10-20(22)24/h3-14,16H,15H2,1-2H3,(H,25,26)/t16-/m1/s1. The number of amides is 1. The molecule has 0 aliphatic carbocycles. The number of ether oxygens (including phenoxy) is 2. The van der Waals surface area contributed by atoms with Crippen LogP contribution < -0.4 is 14.8 Å². The van der Waals surface area contributed by atoms with E-state index < -0.39 is 0 Å². The van der Waals surface area contributed by atoms with Crippen molar-refractivity contribution in [1.29, 1.82) is 0 Å². The van der Waals surface area contributed by atoms with Crippen LogP contribution in [0.2, 0.25) is 5.02 Å². The predicted octanol–water partition coefficient (Wildman–Crippen LogP) is 5.42. The molecule has 3 aromatic rings. The molecule has 0 bridgehead atoms. The number of hydrogen-bond donors (Lipinski definition) is 1. The zero-order valence-electron chi connectivity index (χ0n) is 15.8. The molecule has 4 nitrogen and oxygen atoms in total. The Labute approximate surface area is 170 Å². The molecule has 0 saturated carbocycles. The van der Waals surface area contributed by atoms with E-state index in [1.807, 2.05) is 49.4 Å². The highest BCUT2D eigenvalue weighted by molar-refractivity contribution is 6.32. The lowest BCUT2D eigenvalue weighted by Gasteiger charge is -2.16. The molecular formula is C23H22ClNO3. The number of benzene rings is 3. The smallest absolute Gasteiger partial charge is 0.251 e. The number of halogens is 1. The van der Waals surface area contributed by atoms with Crippen molar-refractivity contribution in [3.63, 3.8) is 0 Å². The number of para-hydroxylation sites is 1. The summed E-state index contributed by atoms with van der Waals surface area (Å²) in [4.78, 5) is 12.7. The lowest BCUT2D eigenvalue weighted by Crippen LogP contribution is -2.26. The highest BCUT2D eigenvalue weighted by Crippen LogP contribution is 2.27. The topological polar surface area (TPSA) is 47.6 Å². The minimum Gasteiger partial charge on any atom is -0.496 e. The number of hydrogen-bond acceptors (Lipinski definition) is 3. The van der Waals surface area contributed by atoms with E-state index in [9.17, 15) is 4.79 Å². The molecule has 0 aliphatic heterocycles. The van der Waals surface area contributed by atoms with Gasteiger partial charge >= 0.3 is 0 Å². The van der Waals surface area contributed by atoms with Gasteiger partial charge in [0.1, 0.15) is 18.1 Å². The molecule has 1 amide bonds. The third kappa shape index (κ3) is 4.84. The predicted molar refractivity (Wildman–Crippen MR) is 111 cm³/mol. The van der Waals surface area contributed by atoms with Gasteiger partial charge in [0.05, 0.1) is 18.2 Å². The molecule has 0 radical (unpaired) electrons. The molecule has 0 heterocycles. The van der Waals surface area contributed by atoms with Gasteiger partial charge in [-0.2, -0.15) is 0 Å². The first-order valence-corrected chi connectivity index (χ1v) is 9.36. The van der Waals surface area contributed by atoms with Crippen LogP contribution in [0.1, 0.15) is 34.5 Å². The van der Waals surface area contributed by atoms with Crippen molar-refractivity contribution < 1.29 is 14.3 Å². The summed E-state index contributed by atoms with van der Waals surface area (Å²) in [7, 11) is 1.59. The molecule has 0 saturated heterocycles. The Kier molecular flexibility index (Phi) is 6.56. The van der Waals surface area contributed by atoms with Crippen molar-refractivity contribution >= 4 is 17.5 Å². The molecule has 1 N–H and O–H groups in total. The van der Waals surface area contributed by atoms with E-state index in [-0.39, 0.29) is 18.6 Å². The lowest BCUT2D eigenvalue weighted by atomic mass is 10.1. The fourth-order valence-corrected chi connectivity index (χ4v) is 3.05. The molecule has 3 rings (SSSR count). The van der Waals surface area contributed by atoms with Gasteiger partial charge in [0.15, 0.2) is 0 Å². The summed E-state index contributed by atoms with van der Waals surface area (Å²) < 4.78 is 11.2. The van der Waals surface area contributed by atoms with Gasteiger partial charge in [0.25, 0.3) is 5.91 Å². The van der Waals surface area contributed by atoms with Crippen LogP contribution in [0.5, 0.6) is 11.5 Å². The Balaban J connectivity index is 1.74. The third-order valence-electron chi connectivity index (χ3n) is 4.41. The lowest BCUT2D eigenvalue weighted by molar-refractivity contribution is 0.0939. The molecule has 0 aliphatic rings. The molecule has 0 unspecified atom stereocenters. The van der Waals surface area contributed by atoms with Crippen molar-refractivity contribution in [2.45, 2.75) is 19.6 Å². The van der Waals surface area contributed by atoms with Crippen molar-refractivity contribution in [3.8, 4) is 11.5 Å². The van der Waals surface area contributed by atoms with E-state index >= 15 is 0 Å². The van der Waals surface area contributed by atoms with Crippen LogP contribution in [0.15, 0.2) is 72.8 Å². The van der Waals surface area contributed by atoms with Crippen LogP contribution in [-0.2, 0) is 6.61 Å². The fraction of sp³-hybridized carbons (Fsp3) is 0.174. The SMILES string of the molecule is COc1ccc(C(=O)N[C@H](C)c2ccccc2)cc1COc1ccccc1Cl. The van der Waals surface area contributed by atoms with Crippen molar-refractivity contribution in [1.82, 2.24) is 5.32 Å². The van der Waals surface area contributed by atoms with Crippen LogP contribution in [-0.4, -0.2) is 13.0 Å². The first-order chi connectivity index (χ1) is 13.6. The summed E-state index contributed by atoms with van der Waals surface area (Å²) in [6.45, 7) is 2.19. The maximum Gasteiger partial charge on any atom is 0.251 e. The second kappa shape index (κ2) is 9.29. The Morgan fingerprint density at radius 3 is 2.43 bits per heavy atom. The first kappa shape index (κ1) is 19.8. The number of nitrogens with one attached hydrogen (secondary N) is 1. The van der Waals surface area contributed by atoms with Crippen LogP contribution >= 0.6 is 11.6 Å². The molecular weight excluding hydrogens is 374 g/mol. The van der Waals surface area contributed by atoms with Gasteiger partial charge < -0.3 is 14.8 Å². The molecule has 28 heavy (non-hydrogen) atoms. The van der Waals surface area contributed by atoms with Crippen LogP contribution in [0.4, 0.5) is 0 Å². The average molecular weight is 396 g/mol. The molecule has 3 aromatic carbocycles. The molecule has 5 heteroatoms. The Hall–Kier alpha value is -2.98. The second-order valence-electron chi connectivity index (χ2n) is 6.35. The van der Waals surface area contributed by atoms with Gasteiger partial charge in [0.2, 0.25) is 0 Å². The summed E-state index contributed by atoms with van der Waals surface area (Å²) in [5.41, 5.74) is 2.36. The van der Waals surface area contributed by atoms with Crippen molar-refractivity contribution in [2.24, 2.45) is 0 Å². The van der Waals surface area contributed by atoms with Crippen molar-refractivity contribution in [2.75, 3.05) is 7.11 Å². The molecule has 0 aromatic heterocycles. The Bertz CT molecular complexity index is 944. The fourth-order valence-electron chi connectivity index (χ4n) is 2.85. The summed E-state index contributed by atoms with van der Waals surface area (Å²) >= 11 is 6.14. The normalized spacial score (nSPS) is 11.5. The van der Waals surface area contributed by atoms with Gasteiger partial charge in [-0.15, -0.1) is 0 Å². The number of methoxy groups -OCH3 is 1. The van der Waals surface area contributed by atoms with Gasteiger partial charge in [-0.3, -0.25) is 4.79 Å². The van der Waals surface area contributed by atoms with E-state index in [1.54, 1.807) is 37.4 Å². The number of carbonyl (C=O) groups is 1. The summed E-state index contributed by atoms with van der Waals surface area (Å²) in [5, 5.41) is 3.55. The zero-order chi connectivity index (χ0) is 19.9. The quantitative estimate of drug-likeness (QED) is 0.581. The van der Waals surface area contributed by atoms with Crippen LogP contribution in [0.25, 0.3) is 0 Å². The molecule has 1 atom stereocenters. The summed E-state index contributed by atoms with van der Waals surface area (Å²) in [6.07, 6.45) is 0. The Morgan fingerprint density at radius 1 is 1.00 bits per heavy atom. The maximum atomic E-state index is 12.7. The number of carbonyl (C=O) groups excluding carboxylic acids is 1. The van der Waals surface area contributed by atoms with E-state index in [2.05, 4.69) is 5.32 Å². The largest absolute Gasteiger partial charge is 0.496 e. The first-order valence-electron chi connectivity index (χ1n) is 8.98. The molecule has 0 fully saturated rings. The van der Waals surface area contributed by atoms with E-state index in [4.69, 9.17) is 21.1 Å². The minimum atomic E-state index is -0.155. The second-order valence-corrected chi connectivity index (χ2v) is 6.76. The summed E-state index contributed by atoms with van der Waals surface area (Å²) in [6, 6.07) is 22.3. The monoisotopic (exact) mass is 395 g/mol. The van der Waals surface area contributed by atoms with E-state index in [0.717, 1.165) is 11.1 Å². The van der Waals surface area contributed by atoms with Crippen LogP contribution in [0.3, 0.4) is 0 Å². The van der Waals surface area contributed by atoms with Crippen molar-refractivity contribution in [3.05, 3.63) is 94.5 Å². The van der Waals surface area contributed by atoms with Gasteiger partial charge in [-0.1, -0.05) is 54.1 Å².